The van der Waals surface area contributed by atoms with E-state index in [-0.39, 0.29) is 29.6 Å². The fourth-order valence-electron chi connectivity index (χ4n) is 4.78. The first-order valence-corrected chi connectivity index (χ1v) is 11.4. The molecule has 1 aliphatic carbocycles. The summed E-state index contributed by atoms with van der Waals surface area (Å²) in [5.41, 5.74) is 3.01. The minimum Gasteiger partial charge on any atom is -0.326 e. The van der Waals surface area contributed by atoms with Gasteiger partial charge in [-0.2, -0.15) is 0 Å². The molecule has 2 aromatic rings. The van der Waals surface area contributed by atoms with E-state index in [0.717, 1.165) is 50.6 Å². The summed E-state index contributed by atoms with van der Waals surface area (Å²) >= 11 is 0. The van der Waals surface area contributed by atoms with Crippen molar-refractivity contribution < 1.29 is 14.4 Å². The van der Waals surface area contributed by atoms with Crippen molar-refractivity contribution in [3.63, 3.8) is 0 Å². The Morgan fingerprint density at radius 1 is 0.968 bits per heavy atom. The van der Waals surface area contributed by atoms with E-state index in [1.54, 1.807) is 24.3 Å². The molecule has 1 heterocycles. The van der Waals surface area contributed by atoms with E-state index in [1.165, 1.54) is 10.5 Å². The van der Waals surface area contributed by atoms with Gasteiger partial charge in [0.15, 0.2) is 0 Å². The molecule has 3 amide bonds. The average Bonchev–Trinajstić information content (AvgIpc) is 3.04. The van der Waals surface area contributed by atoms with E-state index in [2.05, 4.69) is 24.4 Å². The molecule has 0 radical (unpaired) electrons. The van der Waals surface area contributed by atoms with Crippen LogP contribution in [0.1, 0.15) is 71.7 Å². The van der Waals surface area contributed by atoms with Crippen LogP contribution >= 0.6 is 0 Å². The van der Waals surface area contributed by atoms with Crippen LogP contribution in [0.3, 0.4) is 0 Å². The number of hydrogen-bond acceptors (Lipinski definition) is 3. The Balaban J connectivity index is 1.42. The van der Waals surface area contributed by atoms with Gasteiger partial charge in [0.2, 0.25) is 5.91 Å². The molecular weight excluding hydrogens is 388 g/mol. The molecule has 162 valence electrons. The molecule has 2 atom stereocenters. The van der Waals surface area contributed by atoms with Gasteiger partial charge >= 0.3 is 0 Å². The highest BCUT2D eigenvalue weighted by Crippen LogP contribution is 2.34. The lowest BCUT2D eigenvalue weighted by atomic mass is 9.78. The van der Waals surface area contributed by atoms with Crippen LogP contribution in [0.15, 0.2) is 48.5 Å². The van der Waals surface area contributed by atoms with Crippen molar-refractivity contribution in [3.8, 4) is 0 Å². The Bertz CT molecular complexity index is 932. The average molecular weight is 419 g/mol. The molecule has 0 spiro atoms. The zero-order chi connectivity index (χ0) is 21.8. The fraction of sp³-hybridized carbons (Fsp3) is 0.423. The molecule has 1 saturated carbocycles. The van der Waals surface area contributed by atoms with Crippen molar-refractivity contribution in [2.45, 2.75) is 51.9 Å². The SMILES string of the molecule is CCCCc1ccc(NC(=O)C2CCCCC2CN2C(=O)c3ccccc3C2=O)cc1. The molecule has 1 N–H and O–H groups in total. The van der Waals surface area contributed by atoms with Crippen molar-refractivity contribution in [2.75, 3.05) is 11.9 Å². The van der Waals surface area contributed by atoms with Crippen molar-refractivity contribution in [2.24, 2.45) is 11.8 Å². The number of aryl methyl sites for hydroxylation is 1. The van der Waals surface area contributed by atoms with Crippen LogP contribution in [0.25, 0.3) is 0 Å². The van der Waals surface area contributed by atoms with E-state index < -0.39 is 0 Å². The molecule has 5 nitrogen and oxygen atoms in total. The van der Waals surface area contributed by atoms with Crippen LogP contribution in [0.4, 0.5) is 5.69 Å². The molecule has 0 saturated heterocycles. The monoisotopic (exact) mass is 418 g/mol. The first-order valence-electron chi connectivity index (χ1n) is 11.4. The third-order valence-electron chi connectivity index (χ3n) is 6.58. The first-order chi connectivity index (χ1) is 15.1. The number of nitrogens with zero attached hydrogens (tertiary/aromatic N) is 1. The number of anilines is 1. The van der Waals surface area contributed by atoms with E-state index in [1.807, 2.05) is 12.1 Å². The topological polar surface area (TPSA) is 66.5 Å². The molecule has 5 heteroatoms. The highest BCUT2D eigenvalue weighted by atomic mass is 16.2. The van der Waals surface area contributed by atoms with E-state index >= 15 is 0 Å². The van der Waals surface area contributed by atoms with Crippen LogP contribution < -0.4 is 5.32 Å². The summed E-state index contributed by atoms with van der Waals surface area (Å²) in [4.78, 5) is 39.9. The zero-order valence-electron chi connectivity index (χ0n) is 18.1. The van der Waals surface area contributed by atoms with Crippen LogP contribution in [0, 0.1) is 11.8 Å². The molecule has 31 heavy (non-hydrogen) atoms. The van der Waals surface area contributed by atoms with E-state index in [4.69, 9.17) is 0 Å². The maximum atomic E-state index is 13.1. The number of nitrogens with one attached hydrogen (secondary N) is 1. The fourth-order valence-corrected chi connectivity index (χ4v) is 4.78. The van der Waals surface area contributed by atoms with Crippen LogP contribution in [-0.4, -0.2) is 29.2 Å². The maximum Gasteiger partial charge on any atom is 0.261 e. The van der Waals surface area contributed by atoms with Gasteiger partial charge in [-0.1, -0.05) is 50.5 Å². The van der Waals surface area contributed by atoms with Gasteiger partial charge in [-0.25, -0.2) is 0 Å². The Kier molecular flexibility index (Phi) is 6.50. The summed E-state index contributed by atoms with van der Waals surface area (Å²) in [6.45, 7) is 2.48. The molecule has 4 rings (SSSR count). The predicted octanol–water partition coefficient (Wildman–Crippen LogP) is 5.07. The van der Waals surface area contributed by atoms with Gasteiger partial charge in [0.1, 0.15) is 0 Å². The first kappa shape index (κ1) is 21.3. The van der Waals surface area contributed by atoms with Crippen molar-refractivity contribution >= 4 is 23.4 Å². The lowest BCUT2D eigenvalue weighted by Gasteiger charge is -2.32. The standard InChI is InChI=1S/C26H30N2O3/c1-2-3-8-18-13-15-20(16-14-18)27-24(29)21-10-5-4-9-19(21)17-28-25(30)22-11-6-7-12-23(22)26(28)31/h6-7,11-16,19,21H,2-5,8-10,17H2,1H3,(H,27,29). The third-order valence-corrected chi connectivity index (χ3v) is 6.58. The summed E-state index contributed by atoms with van der Waals surface area (Å²) in [6, 6.07) is 15.0. The molecule has 0 aromatic heterocycles. The summed E-state index contributed by atoms with van der Waals surface area (Å²) in [6.07, 6.45) is 7.02. The van der Waals surface area contributed by atoms with Crippen LogP contribution in [0.5, 0.6) is 0 Å². The molecule has 1 aliphatic heterocycles. The Morgan fingerprint density at radius 2 is 1.61 bits per heavy atom. The lowest BCUT2D eigenvalue weighted by Crippen LogP contribution is -2.41. The second kappa shape index (κ2) is 9.46. The Hall–Kier alpha value is -2.95. The molecule has 2 unspecified atom stereocenters. The molecule has 0 bridgehead atoms. The highest BCUT2D eigenvalue weighted by Gasteiger charge is 2.40. The summed E-state index contributed by atoms with van der Waals surface area (Å²) in [7, 11) is 0. The Morgan fingerprint density at radius 3 is 2.26 bits per heavy atom. The summed E-state index contributed by atoms with van der Waals surface area (Å²) in [5, 5.41) is 3.06. The third kappa shape index (κ3) is 4.55. The normalized spacial score (nSPS) is 20.6. The number of benzene rings is 2. The molecule has 2 aromatic carbocycles. The lowest BCUT2D eigenvalue weighted by molar-refractivity contribution is -0.122. The second-order valence-corrected chi connectivity index (χ2v) is 8.71. The maximum absolute atomic E-state index is 13.1. The quantitative estimate of drug-likeness (QED) is 0.639. The van der Waals surface area contributed by atoms with E-state index in [0.29, 0.717) is 17.7 Å². The van der Waals surface area contributed by atoms with Gasteiger partial charge in [-0.15, -0.1) is 0 Å². The van der Waals surface area contributed by atoms with Gasteiger partial charge in [-0.05, 0) is 61.4 Å². The number of hydrogen-bond donors (Lipinski definition) is 1. The minimum absolute atomic E-state index is 0.0115. The summed E-state index contributed by atoms with van der Waals surface area (Å²) in [5.74, 6) is -0.707. The zero-order valence-corrected chi connectivity index (χ0v) is 18.1. The number of carbonyl (C=O) groups is 3. The van der Waals surface area contributed by atoms with Crippen molar-refractivity contribution in [1.29, 1.82) is 0 Å². The van der Waals surface area contributed by atoms with Gasteiger partial charge < -0.3 is 5.32 Å². The minimum atomic E-state index is -0.243. The molecule has 2 aliphatic rings. The van der Waals surface area contributed by atoms with Crippen LogP contribution in [0.2, 0.25) is 0 Å². The van der Waals surface area contributed by atoms with Crippen molar-refractivity contribution in [3.05, 3.63) is 65.2 Å². The largest absolute Gasteiger partial charge is 0.326 e. The highest BCUT2D eigenvalue weighted by molar-refractivity contribution is 6.21. The van der Waals surface area contributed by atoms with Gasteiger partial charge in [0.25, 0.3) is 11.8 Å². The predicted molar refractivity (Wildman–Crippen MR) is 121 cm³/mol. The molecular formula is C26H30N2O3. The van der Waals surface area contributed by atoms with E-state index in [9.17, 15) is 14.4 Å². The molecule has 1 fully saturated rings. The van der Waals surface area contributed by atoms with Gasteiger partial charge in [0, 0.05) is 18.2 Å². The number of unbranched alkanes of at least 4 members (excludes halogenated alkanes) is 1. The number of fused-ring (bicyclic) bond motifs is 1. The number of rotatable bonds is 7. The van der Waals surface area contributed by atoms with Crippen molar-refractivity contribution in [1.82, 2.24) is 4.90 Å². The van der Waals surface area contributed by atoms with Crippen LogP contribution in [-0.2, 0) is 11.2 Å². The smallest absolute Gasteiger partial charge is 0.261 e. The number of carbonyl (C=O) groups excluding carboxylic acids is 3. The van der Waals surface area contributed by atoms with Gasteiger partial charge in [-0.3, -0.25) is 19.3 Å². The number of amides is 3. The Labute approximate surface area is 183 Å². The summed E-state index contributed by atoms with van der Waals surface area (Å²) < 4.78 is 0. The second-order valence-electron chi connectivity index (χ2n) is 8.71. The van der Waals surface area contributed by atoms with Gasteiger partial charge in [0.05, 0.1) is 11.1 Å². The number of imide groups is 1.